The Morgan fingerprint density at radius 2 is 1.88 bits per heavy atom. The van der Waals surface area contributed by atoms with Crippen LogP contribution < -0.4 is 0 Å². The average molecular weight is 359 g/mol. The molecule has 0 bridgehead atoms. The lowest BCUT2D eigenvalue weighted by molar-refractivity contribution is -0.150. The van der Waals surface area contributed by atoms with E-state index < -0.39 is 0 Å². The highest BCUT2D eigenvalue weighted by Crippen LogP contribution is 2.67. The topological polar surface area (TPSA) is 43.4 Å². The highest BCUT2D eigenvalue weighted by Gasteiger charge is 2.60. The number of carbonyl (C=O) groups is 2. The van der Waals surface area contributed by atoms with Crippen molar-refractivity contribution in [2.45, 2.75) is 72.1 Å². The zero-order chi connectivity index (χ0) is 18.7. The molecule has 0 spiro atoms. The Kier molecular flexibility index (Phi) is 4.36. The molecule has 0 aliphatic heterocycles. The molecule has 0 radical (unpaired) electrons. The molecule has 144 valence electrons. The van der Waals surface area contributed by atoms with E-state index >= 15 is 0 Å². The molecule has 4 rings (SSSR count). The summed E-state index contributed by atoms with van der Waals surface area (Å²) in [6.45, 7) is 6.98. The van der Waals surface area contributed by atoms with Gasteiger partial charge in [-0.3, -0.25) is 9.59 Å². The van der Waals surface area contributed by atoms with Crippen LogP contribution in [0.15, 0.2) is 11.6 Å². The van der Waals surface area contributed by atoms with Gasteiger partial charge in [-0.15, -0.1) is 0 Å². The number of hydrogen-bond acceptors (Lipinski definition) is 3. The minimum absolute atomic E-state index is 0.00786. The van der Waals surface area contributed by atoms with Crippen molar-refractivity contribution in [2.24, 2.45) is 40.4 Å². The number of methoxy groups -OCH3 is 1. The Balaban J connectivity index is 1.61. The molecule has 4 aliphatic carbocycles. The first kappa shape index (κ1) is 18.3. The first-order valence-electron chi connectivity index (χ1n) is 10.6. The lowest BCUT2D eigenvalue weighted by Crippen LogP contribution is -2.51. The third-order valence-electron chi connectivity index (χ3n) is 9.21. The highest BCUT2D eigenvalue weighted by atomic mass is 16.5. The van der Waals surface area contributed by atoms with Crippen molar-refractivity contribution in [1.82, 2.24) is 0 Å². The maximum absolute atomic E-state index is 12.2. The molecule has 26 heavy (non-hydrogen) atoms. The largest absolute Gasteiger partial charge is 0.469 e. The number of rotatable bonds is 2. The van der Waals surface area contributed by atoms with Gasteiger partial charge < -0.3 is 4.74 Å². The molecule has 0 N–H and O–H groups in total. The van der Waals surface area contributed by atoms with E-state index in [2.05, 4.69) is 20.8 Å². The number of fused-ring (bicyclic) bond motifs is 5. The fourth-order valence-electron chi connectivity index (χ4n) is 7.77. The molecule has 1 unspecified atom stereocenters. The van der Waals surface area contributed by atoms with Crippen LogP contribution in [0.25, 0.3) is 0 Å². The summed E-state index contributed by atoms with van der Waals surface area (Å²) >= 11 is 0. The molecule has 3 saturated carbocycles. The van der Waals surface area contributed by atoms with Gasteiger partial charge in [-0.05, 0) is 85.5 Å². The summed E-state index contributed by atoms with van der Waals surface area (Å²) in [5.41, 5.74) is 1.96. The second-order valence-electron chi connectivity index (χ2n) is 10.0. The highest BCUT2D eigenvalue weighted by molar-refractivity contribution is 5.91. The summed E-state index contributed by atoms with van der Waals surface area (Å²) in [5, 5.41) is 0. The van der Waals surface area contributed by atoms with E-state index in [9.17, 15) is 9.59 Å². The minimum Gasteiger partial charge on any atom is -0.469 e. The van der Waals surface area contributed by atoms with Crippen molar-refractivity contribution in [3.8, 4) is 0 Å². The Morgan fingerprint density at radius 1 is 1.12 bits per heavy atom. The fourth-order valence-corrected chi connectivity index (χ4v) is 7.77. The van der Waals surface area contributed by atoms with E-state index in [0.717, 1.165) is 37.0 Å². The van der Waals surface area contributed by atoms with Crippen LogP contribution in [0, 0.1) is 40.4 Å². The van der Waals surface area contributed by atoms with Crippen LogP contribution in [-0.4, -0.2) is 18.9 Å². The first-order chi connectivity index (χ1) is 12.3. The van der Waals surface area contributed by atoms with Crippen LogP contribution in [0.5, 0.6) is 0 Å². The lowest BCUT2D eigenvalue weighted by atomic mass is 9.46. The van der Waals surface area contributed by atoms with E-state index in [1.165, 1.54) is 44.8 Å². The second kappa shape index (κ2) is 6.21. The van der Waals surface area contributed by atoms with Crippen molar-refractivity contribution in [3.63, 3.8) is 0 Å². The molecule has 0 aromatic rings. The van der Waals surface area contributed by atoms with Crippen LogP contribution in [0.2, 0.25) is 0 Å². The average Bonchev–Trinajstić information content (AvgIpc) is 2.98. The summed E-state index contributed by atoms with van der Waals surface area (Å²) in [6.07, 6.45) is 11.0. The quantitative estimate of drug-likeness (QED) is 0.656. The Bertz CT molecular complexity index is 650. The van der Waals surface area contributed by atoms with Gasteiger partial charge in [-0.2, -0.15) is 0 Å². The van der Waals surface area contributed by atoms with Gasteiger partial charge >= 0.3 is 5.97 Å². The molecule has 3 fully saturated rings. The van der Waals surface area contributed by atoms with Crippen molar-refractivity contribution < 1.29 is 14.3 Å². The Labute approximate surface area is 157 Å². The maximum Gasteiger partial charge on any atom is 0.308 e. The van der Waals surface area contributed by atoms with Gasteiger partial charge in [0.05, 0.1) is 13.0 Å². The van der Waals surface area contributed by atoms with Crippen molar-refractivity contribution in [2.75, 3.05) is 7.11 Å². The van der Waals surface area contributed by atoms with E-state index in [1.54, 1.807) is 0 Å². The summed E-state index contributed by atoms with van der Waals surface area (Å²) in [7, 11) is 1.52. The zero-order valence-electron chi connectivity index (χ0n) is 16.8. The van der Waals surface area contributed by atoms with Gasteiger partial charge in [-0.25, -0.2) is 0 Å². The predicted molar refractivity (Wildman–Crippen MR) is 101 cm³/mol. The number of carbonyl (C=O) groups excluding carboxylic acids is 2. The third kappa shape index (κ3) is 2.45. The second-order valence-corrected chi connectivity index (χ2v) is 10.0. The first-order valence-corrected chi connectivity index (χ1v) is 10.6. The molecule has 3 nitrogen and oxygen atoms in total. The van der Waals surface area contributed by atoms with Crippen LogP contribution in [-0.2, 0) is 14.3 Å². The molecular weight excluding hydrogens is 324 g/mol. The van der Waals surface area contributed by atoms with Gasteiger partial charge in [-0.1, -0.05) is 26.3 Å². The molecule has 0 aromatic heterocycles. The van der Waals surface area contributed by atoms with Gasteiger partial charge in [0.1, 0.15) is 0 Å². The van der Waals surface area contributed by atoms with Crippen molar-refractivity contribution in [3.05, 3.63) is 11.6 Å². The van der Waals surface area contributed by atoms with Gasteiger partial charge in [0.25, 0.3) is 0 Å². The zero-order valence-corrected chi connectivity index (χ0v) is 16.8. The monoisotopic (exact) mass is 358 g/mol. The lowest BCUT2D eigenvalue weighted by Gasteiger charge is -2.58. The van der Waals surface area contributed by atoms with Gasteiger partial charge in [0.2, 0.25) is 0 Å². The molecule has 0 amide bonds. The van der Waals surface area contributed by atoms with Crippen LogP contribution in [0.1, 0.15) is 72.1 Å². The summed E-state index contributed by atoms with van der Waals surface area (Å²) < 4.78 is 5.07. The SMILES string of the molecule is COC(=O)C(C)[C@H]1CC[C@H]2[C@@H]3CCC4=CC(=O)CC[C@]4(C)[C@H]3CC[C@]12C. The molecule has 3 heteroatoms. The molecular formula is C23H34O3. The minimum atomic E-state index is -0.0365. The number of allylic oxidation sites excluding steroid dienone is 1. The Hall–Kier alpha value is -1.12. The normalized spacial score (nSPS) is 45.8. The predicted octanol–water partition coefficient (Wildman–Crippen LogP) is 4.94. The van der Waals surface area contributed by atoms with E-state index in [-0.39, 0.29) is 22.7 Å². The van der Waals surface area contributed by atoms with Crippen LogP contribution in [0.4, 0.5) is 0 Å². The molecule has 7 atom stereocenters. The van der Waals surface area contributed by atoms with Crippen LogP contribution in [0.3, 0.4) is 0 Å². The number of hydrogen-bond donors (Lipinski definition) is 0. The molecule has 0 saturated heterocycles. The van der Waals surface area contributed by atoms with E-state index in [0.29, 0.717) is 11.7 Å². The number of ether oxygens (including phenoxy) is 1. The van der Waals surface area contributed by atoms with Gasteiger partial charge in [0.15, 0.2) is 5.78 Å². The third-order valence-corrected chi connectivity index (χ3v) is 9.21. The van der Waals surface area contributed by atoms with Gasteiger partial charge in [0, 0.05) is 6.42 Å². The van der Waals surface area contributed by atoms with Crippen LogP contribution >= 0.6 is 0 Å². The number of esters is 1. The van der Waals surface area contributed by atoms with E-state index in [1.807, 2.05) is 6.08 Å². The smallest absolute Gasteiger partial charge is 0.308 e. The summed E-state index contributed by atoms with van der Waals surface area (Å²) in [4.78, 5) is 24.2. The Morgan fingerprint density at radius 3 is 2.62 bits per heavy atom. The standard InChI is InChI=1S/C23H34O3/c1-14(21(25)26-4)18-7-8-19-17-6-5-15-13-16(24)9-11-22(15,2)20(17)10-12-23(18,19)3/h13-14,17-20H,5-12H2,1-4H3/t14?,17-,18+,19-,20-,22-,23+/m0/s1. The summed E-state index contributed by atoms with van der Waals surface area (Å²) in [5.74, 6) is 2.98. The number of ketones is 1. The van der Waals surface area contributed by atoms with Crippen molar-refractivity contribution >= 4 is 11.8 Å². The maximum atomic E-state index is 12.2. The molecule has 4 aliphatic rings. The van der Waals surface area contributed by atoms with E-state index in [4.69, 9.17) is 4.74 Å². The fraction of sp³-hybridized carbons (Fsp3) is 0.826. The molecule has 0 aromatic carbocycles. The molecule has 0 heterocycles. The summed E-state index contributed by atoms with van der Waals surface area (Å²) in [6, 6.07) is 0. The van der Waals surface area contributed by atoms with Crippen molar-refractivity contribution in [1.29, 1.82) is 0 Å².